The number of carbonyl (C=O) groups excluding carboxylic acids is 3. The molecule has 3 aromatic rings. The van der Waals surface area contributed by atoms with Gasteiger partial charge in [-0.15, -0.1) is 0 Å². The fourth-order valence-electron chi connectivity index (χ4n) is 3.98. The van der Waals surface area contributed by atoms with E-state index >= 15 is 0 Å². The van der Waals surface area contributed by atoms with Crippen molar-refractivity contribution in [1.29, 1.82) is 0 Å². The van der Waals surface area contributed by atoms with Crippen molar-refractivity contribution < 1.29 is 27.6 Å². The second kappa shape index (κ2) is 8.73. The minimum Gasteiger partial charge on any atom is -0.348 e. The van der Waals surface area contributed by atoms with Gasteiger partial charge in [0.2, 0.25) is 11.8 Å². The van der Waals surface area contributed by atoms with E-state index in [0.29, 0.717) is 11.1 Å². The van der Waals surface area contributed by atoms with Crippen molar-refractivity contribution in [3.8, 4) is 0 Å². The summed E-state index contributed by atoms with van der Waals surface area (Å²) in [6.45, 7) is 1.42. The van der Waals surface area contributed by atoms with E-state index in [9.17, 15) is 32.3 Å². The number of amides is 3. The monoisotopic (exact) mass is 472 g/mol. The minimum absolute atomic E-state index is 0.0784. The molecule has 0 spiro atoms. The topological polar surface area (TPSA) is 110 Å². The smallest absolute Gasteiger partial charge is 0.348 e. The maximum Gasteiger partial charge on any atom is 0.416 e. The number of piperidine rings is 1. The normalized spacial score (nSPS) is 16.4. The second-order valence-electron chi connectivity index (χ2n) is 7.87. The highest BCUT2D eigenvalue weighted by atomic mass is 19.4. The molecule has 1 aliphatic rings. The first-order valence-electron chi connectivity index (χ1n) is 10.4. The zero-order valence-corrected chi connectivity index (χ0v) is 17.9. The number of imide groups is 1. The molecule has 1 fully saturated rings. The zero-order chi connectivity index (χ0) is 24.6. The van der Waals surface area contributed by atoms with E-state index in [1.165, 1.54) is 10.6 Å². The number of fused-ring (bicyclic) bond motifs is 1. The van der Waals surface area contributed by atoms with E-state index in [2.05, 4.69) is 15.6 Å². The van der Waals surface area contributed by atoms with Gasteiger partial charge in [-0.3, -0.25) is 29.1 Å². The number of aryl methyl sites for hydroxylation is 1. The van der Waals surface area contributed by atoms with E-state index < -0.39 is 41.1 Å². The molecule has 1 aromatic heterocycles. The predicted molar refractivity (Wildman–Crippen MR) is 115 cm³/mol. The quantitative estimate of drug-likeness (QED) is 0.568. The van der Waals surface area contributed by atoms with Crippen LogP contribution in [-0.4, -0.2) is 27.3 Å². The van der Waals surface area contributed by atoms with E-state index in [4.69, 9.17) is 0 Å². The molecular weight excluding hydrogens is 453 g/mol. The molecule has 1 unspecified atom stereocenters. The fourth-order valence-corrected chi connectivity index (χ4v) is 3.98. The molecule has 2 heterocycles. The molecule has 2 aromatic carbocycles. The van der Waals surface area contributed by atoms with Crippen molar-refractivity contribution in [2.24, 2.45) is 0 Å². The highest BCUT2D eigenvalue weighted by Crippen LogP contribution is 2.29. The summed E-state index contributed by atoms with van der Waals surface area (Å²) < 4.78 is 40.1. The van der Waals surface area contributed by atoms with Crippen LogP contribution in [0, 0.1) is 6.92 Å². The Hall–Kier alpha value is -4.02. The van der Waals surface area contributed by atoms with Crippen LogP contribution in [0.25, 0.3) is 10.9 Å². The summed E-state index contributed by atoms with van der Waals surface area (Å²) in [5.74, 6) is -1.47. The van der Waals surface area contributed by atoms with E-state index in [1.807, 2.05) is 0 Å². The zero-order valence-electron chi connectivity index (χ0n) is 17.9. The Bertz CT molecular complexity index is 1380. The highest BCUT2D eigenvalue weighted by Gasteiger charge is 2.32. The molecule has 8 nitrogen and oxygen atoms in total. The lowest BCUT2D eigenvalue weighted by Crippen LogP contribution is -2.45. The molecule has 0 aliphatic carbocycles. The summed E-state index contributed by atoms with van der Waals surface area (Å²) in [5, 5.41) is 4.92. The Morgan fingerprint density at radius 3 is 2.62 bits per heavy atom. The van der Waals surface area contributed by atoms with Crippen LogP contribution in [0.4, 0.5) is 13.2 Å². The highest BCUT2D eigenvalue weighted by molar-refractivity contribution is 5.99. The van der Waals surface area contributed by atoms with Crippen molar-refractivity contribution in [3.63, 3.8) is 0 Å². The maximum absolute atomic E-state index is 13.4. The lowest BCUT2D eigenvalue weighted by molar-refractivity contribution is -0.138. The van der Waals surface area contributed by atoms with Gasteiger partial charge in [0.05, 0.1) is 16.5 Å². The van der Waals surface area contributed by atoms with Gasteiger partial charge >= 0.3 is 6.18 Å². The minimum atomic E-state index is -4.59. The van der Waals surface area contributed by atoms with Crippen molar-refractivity contribution >= 4 is 28.6 Å². The van der Waals surface area contributed by atoms with Gasteiger partial charge in [0.15, 0.2) is 0 Å². The first-order valence-corrected chi connectivity index (χ1v) is 10.4. The molecule has 4 rings (SSSR count). The maximum atomic E-state index is 13.4. The molecule has 11 heteroatoms. The number of benzene rings is 2. The van der Waals surface area contributed by atoms with E-state index in [0.717, 1.165) is 18.2 Å². The van der Waals surface area contributed by atoms with Crippen LogP contribution in [0.1, 0.15) is 46.2 Å². The lowest BCUT2D eigenvalue weighted by atomic mass is 10.0. The predicted octanol–water partition coefficient (Wildman–Crippen LogP) is 2.63. The number of hydrogen-bond acceptors (Lipinski definition) is 5. The summed E-state index contributed by atoms with van der Waals surface area (Å²) in [4.78, 5) is 54.1. The number of carbonyl (C=O) groups is 3. The van der Waals surface area contributed by atoms with Crippen LogP contribution in [-0.2, 0) is 22.3 Å². The van der Waals surface area contributed by atoms with E-state index in [-0.39, 0.29) is 36.2 Å². The first-order chi connectivity index (χ1) is 16.1. The SMILES string of the molecule is Cc1nc2cccc(CNC(=O)c3cccc(C(F)(F)F)c3)c2c(=O)n1C1CCC(=O)NC1=O. The van der Waals surface area contributed by atoms with Crippen molar-refractivity contribution in [2.75, 3.05) is 0 Å². The molecular formula is C23H19F3N4O4. The van der Waals surface area contributed by atoms with Gasteiger partial charge in [0.1, 0.15) is 11.9 Å². The van der Waals surface area contributed by atoms with Crippen LogP contribution in [0.15, 0.2) is 47.3 Å². The van der Waals surface area contributed by atoms with Gasteiger partial charge in [0, 0.05) is 18.5 Å². The molecule has 0 saturated carbocycles. The average molecular weight is 472 g/mol. The van der Waals surface area contributed by atoms with Crippen molar-refractivity contribution in [2.45, 2.75) is 38.5 Å². The molecule has 176 valence electrons. The van der Waals surface area contributed by atoms with Gasteiger partial charge < -0.3 is 5.32 Å². The number of rotatable bonds is 4. The van der Waals surface area contributed by atoms with Crippen LogP contribution in [0.3, 0.4) is 0 Å². The van der Waals surface area contributed by atoms with Crippen LogP contribution in [0.5, 0.6) is 0 Å². The largest absolute Gasteiger partial charge is 0.416 e. The average Bonchev–Trinajstić information content (AvgIpc) is 2.78. The molecule has 0 radical (unpaired) electrons. The van der Waals surface area contributed by atoms with E-state index in [1.54, 1.807) is 25.1 Å². The van der Waals surface area contributed by atoms with Crippen LogP contribution >= 0.6 is 0 Å². The van der Waals surface area contributed by atoms with Gasteiger partial charge in [-0.2, -0.15) is 13.2 Å². The summed E-state index contributed by atoms with van der Waals surface area (Å²) >= 11 is 0. The summed E-state index contributed by atoms with van der Waals surface area (Å²) in [6, 6.07) is 7.94. The number of aromatic nitrogens is 2. The Balaban J connectivity index is 1.66. The standard InChI is InChI=1S/C23H19F3N4O4/c1-12-28-16-7-3-5-14(11-27-20(32)13-4-2-6-15(10-13)23(24,25)26)19(16)22(34)30(12)17-8-9-18(31)29-21(17)33/h2-7,10,17H,8-9,11H2,1H3,(H,27,32)(H,29,31,33). The fraction of sp³-hybridized carbons (Fsp3) is 0.261. The number of nitrogens with zero attached hydrogens (tertiary/aromatic N) is 2. The van der Waals surface area contributed by atoms with Crippen molar-refractivity contribution in [1.82, 2.24) is 20.2 Å². The Morgan fingerprint density at radius 1 is 1.18 bits per heavy atom. The Morgan fingerprint density at radius 2 is 1.91 bits per heavy atom. The lowest BCUT2D eigenvalue weighted by Gasteiger charge is -2.24. The Labute approximate surface area is 190 Å². The molecule has 1 aliphatic heterocycles. The molecule has 0 bridgehead atoms. The summed E-state index contributed by atoms with van der Waals surface area (Å²) in [7, 11) is 0. The van der Waals surface area contributed by atoms with Crippen molar-refractivity contribution in [3.05, 3.63) is 75.3 Å². The van der Waals surface area contributed by atoms with Gasteiger partial charge in [-0.05, 0) is 43.2 Å². The van der Waals surface area contributed by atoms with Gasteiger partial charge in [-0.1, -0.05) is 18.2 Å². The number of hydrogen-bond donors (Lipinski definition) is 2. The molecule has 1 saturated heterocycles. The summed E-state index contributed by atoms with van der Waals surface area (Å²) in [6.07, 6.45) is -4.36. The molecule has 34 heavy (non-hydrogen) atoms. The van der Waals surface area contributed by atoms with Gasteiger partial charge in [0.25, 0.3) is 11.5 Å². The molecule has 1 atom stereocenters. The molecule has 2 N–H and O–H groups in total. The Kier molecular flexibility index (Phi) is 5.94. The number of halogens is 3. The molecule has 3 amide bonds. The third kappa shape index (κ3) is 4.41. The number of nitrogens with one attached hydrogen (secondary N) is 2. The second-order valence-corrected chi connectivity index (χ2v) is 7.87. The third-order valence-corrected chi connectivity index (χ3v) is 5.61. The van der Waals surface area contributed by atoms with Crippen LogP contribution < -0.4 is 16.2 Å². The third-order valence-electron chi connectivity index (χ3n) is 5.61. The van der Waals surface area contributed by atoms with Gasteiger partial charge in [-0.25, -0.2) is 4.98 Å². The summed E-state index contributed by atoms with van der Waals surface area (Å²) in [5.41, 5.74) is -0.906. The van der Waals surface area contributed by atoms with Crippen LogP contribution in [0.2, 0.25) is 0 Å². The first kappa shape index (κ1) is 23.1. The number of alkyl halides is 3.